The number of likely N-dealkylation sites (tertiary alicyclic amines) is 1. The standard InChI is InChI=1S/C25H43N5O.HI/c1-6-26-25(28-24-11-13-30(14-12-24)19(2)3)27-15-22-7-9-23(10-8-22)18-29-16-20(4)31-21(5)17-29;/h7-10,19-21,24H,6,11-18H2,1-5H3,(H2,26,27,28);1H. The highest BCUT2D eigenvalue weighted by Crippen LogP contribution is 2.16. The minimum atomic E-state index is 0. The smallest absolute Gasteiger partial charge is 0.191 e. The molecule has 0 radical (unpaired) electrons. The van der Waals surface area contributed by atoms with Gasteiger partial charge in [0.25, 0.3) is 0 Å². The van der Waals surface area contributed by atoms with Crippen molar-refractivity contribution in [2.24, 2.45) is 4.99 Å². The zero-order chi connectivity index (χ0) is 22.2. The van der Waals surface area contributed by atoms with Crippen molar-refractivity contribution in [3.8, 4) is 0 Å². The summed E-state index contributed by atoms with van der Waals surface area (Å²) < 4.78 is 5.85. The van der Waals surface area contributed by atoms with Crippen LogP contribution < -0.4 is 10.6 Å². The molecular formula is C25H44IN5O. The first-order valence-corrected chi connectivity index (χ1v) is 12.2. The number of aliphatic imine (C=N–C) groups is 1. The zero-order valence-corrected chi connectivity index (χ0v) is 23.0. The number of guanidine groups is 1. The van der Waals surface area contributed by atoms with E-state index < -0.39 is 0 Å². The van der Waals surface area contributed by atoms with Crippen LogP contribution in [0.15, 0.2) is 29.3 Å². The molecule has 0 spiro atoms. The van der Waals surface area contributed by atoms with Crippen LogP contribution in [0.25, 0.3) is 0 Å². The number of nitrogens with zero attached hydrogens (tertiary/aromatic N) is 3. The van der Waals surface area contributed by atoms with E-state index >= 15 is 0 Å². The van der Waals surface area contributed by atoms with Crippen molar-refractivity contribution < 1.29 is 4.74 Å². The van der Waals surface area contributed by atoms with Gasteiger partial charge in [0.05, 0.1) is 18.8 Å². The van der Waals surface area contributed by atoms with Gasteiger partial charge in [-0.2, -0.15) is 0 Å². The minimum Gasteiger partial charge on any atom is -0.373 e. The van der Waals surface area contributed by atoms with Crippen LogP contribution in [0, 0.1) is 0 Å². The molecule has 6 nitrogen and oxygen atoms in total. The lowest BCUT2D eigenvalue weighted by molar-refractivity contribution is -0.0704. The van der Waals surface area contributed by atoms with Crippen LogP contribution in [0.2, 0.25) is 0 Å². The average molecular weight is 558 g/mol. The van der Waals surface area contributed by atoms with Crippen molar-refractivity contribution in [1.29, 1.82) is 0 Å². The van der Waals surface area contributed by atoms with Gasteiger partial charge in [0.15, 0.2) is 5.96 Å². The summed E-state index contributed by atoms with van der Waals surface area (Å²) in [6, 6.07) is 10.1. The Hall–Kier alpha value is -0.900. The summed E-state index contributed by atoms with van der Waals surface area (Å²) in [7, 11) is 0. The molecule has 182 valence electrons. The molecule has 0 saturated carbocycles. The molecule has 1 aromatic rings. The molecule has 2 aliphatic rings. The molecule has 1 aromatic carbocycles. The van der Waals surface area contributed by atoms with Crippen LogP contribution in [-0.2, 0) is 17.8 Å². The van der Waals surface area contributed by atoms with Crippen molar-refractivity contribution >= 4 is 29.9 Å². The van der Waals surface area contributed by atoms with Gasteiger partial charge in [0.1, 0.15) is 0 Å². The van der Waals surface area contributed by atoms with Gasteiger partial charge in [-0.3, -0.25) is 4.90 Å². The fraction of sp³-hybridized carbons (Fsp3) is 0.720. The molecule has 3 rings (SSSR count). The molecule has 32 heavy (non-hydrogen) atoms. The summed E-state index contributed by atoms with van der Waals surface area (Å²) in [6.45, 7) is 17.9. The van der Waals surface area contributed by atoms with Crippen LogP contribution in [0.5, 0.6) is 0 Å². The topological polar surface area (TPSA) is 52.1 Å². The van der Waals surface area contributed by atoms with E-state index in [1.165, 1.54) is 24.0 Å². The van der Waals surface area contributed by atoms with Crippen LogP contribution in [0.1, 0.15) is 58.6 Å². The van der Waals surface area contributed by atoms with E-state index in [-0.39, 0.29) is 24.0 Å². The van der Waals surface area contributed by atoms with E-state index in [9.17, 15) is 0 Å². The Morgan fingerprint density at radius 1 is 1.06 bits per heavy atom. The fourth-order valence-corrected chi connectivity index (χ4v) is 4.67. The molecule has 2 aliphatic heterocycles. The van der Waals surface area contributed by atoms with E-state index in [4.69, 9.17) is 9.73 Å². The Bertz CT molecular complexity index is 678. The van der Waals surface area contributed by atoms with E-state index in [1.54, 1.807) is 0 Å². The van der Waals surface area contributed by atoms with Gasteiger partial charge < -0.3 is 20.3 Å². The van der Waals surface area contributed by atoms with Gasteiger partial charge in [-0.1, -0.05) is 24.3 Å². The summed E-state index contributed by atoms with van der Waals surface area (Å²) in [5, 5.41) is 7.07. The molecule has 0 aliphatic carbocycles. The highest BCUT2D eigenvalue weighted by Gasteiger charge is 2.22. The highest BCUT2D eigenvalue weighted by atomic mass is 127. The number of nitrogens with one attached hydrogen (secondary N) is 2. The normalized spacial score (nSPS) is 23.8. The number of morpholine rings is 1. The van der Waals surface area contributed by atoms with Gasteiger partial charge >= 0.3 is 0 Å². The van der Waals surface area contributed by atoms with Crippen LogP contribution in [-0.4, -0.2) is 72.8 Å². The first kappa shape index (κ1) is 27.3. The fourth-order valence-electron chi connectivity index (χ4n) is 4.67. The summed E-state index contributed by atoms with van der Waals surface area (Å²) in [5.74, 6) is 0.936. The third-order valence-electron chi connectivity index (χ3n) is 6.29. The lowest BCUT2D eigenvalue weighted by Gasteiger charge is -2.35. The van der Waals surface area contributed by atoms with Crippen molar-refractivity contribution in [2.45, 2.75) is 84.8 Å². The lowest BCUT2D eigenvalue weighted by Crippen LogP contribution is -2.49. The lowest BCUT2D eigenvalue weighted by atomic mass is 10.0. The maximum Gasteiger partial charge on any atom is 0.191 e. The van der Waals surface area contributed by atoms with Gasteiger partial charge in [-0.25, -0.2) is 4.99 Å². The third kappa shape index (κ3) is 8.80. The number of benzene rings is 1. The largest absolute Gasteiger partial charge is 0.373 e. The summed E-state index contributed by atoms with van der Waals surface area (Å²) in [5.41, 5.74) is 2.61. The van der Waals surface area contributed by atoms with Crippen LogP contribution in [0.4, 0.5) is 0 Å². The highest BCUT2D eigenvalue weighted by molar-refractivity contribution is 14.0. The van der Waals surface area contributed by atoms with E-state index in [1.807, 2.05) is 0 Å². The Kier molecular flexibility index (Phi) is 11.7. The molecule has 2 fully saturated rings. The second-order valence-corrected chi connectivity index (χ2v) is 9.51. The van der Waals surface area contributed by atoms with Gasteiger partial charge in [-0.15, -0.1) is 24.0 Å². The number of hydrogen-bond donors (Lipinski definition) is 2. The zero-order valence-electron chi connectivity index (χ0n) is 20.6. The maximum absolute atomic E-state index is 5.85. The Morgan fingerprint density at radius 3 is 2.22 bits per heavy atom. The number of piperidine rings is 1. The predicted octanol–water partition coefficient (Wildman–Crippen LogP) is 3.84. The molecule has 2 heterocycles. The molecule has 2 N–H and O–H groups in total. The molecule has 0 bridgehead atoms. The van der Waals surface area contributed by atoms with Crippen molar-refractivity contribution in [2.75, 3.05) is 32.7 Å². The predicted molar refractivity (Wildman–Crippen MR) is 145 cm³/mol. The SMILES string of the molecule is CCNC(=NCc1ccc(CN2CC(C)OC(C)C2)cc1)NC1CCN(C(C)C)CC1.I. The molecule has 2 saturated heterocycles. The first-order chi connectivity index (χ1) is 14.9. The van der Waals surface area contributed by atoms with E-state index in [0.717, 1.165) is 45.2 Å². The Labute approximate surface area is 212 Å². The maximum atomic E-state index is 5.85. The van der Waals surface area contributed by atoms with Crippen LogP contribution >= 0.6 is 24.0 Å². The molecule has 2 unspecified atom stereocenters. The van der Waals surface area contributed by atoms with Gasteiger partial charge in [-0.05, 0) is 58.6 Å². The first-order valence-electron chi connectivity index (χ1n) is 12.2. The minimum absolute atomic E-state index is 0. The molecular weight excluding hydrogens is 513 g/mol. The monoisotopic (exact) mass is 557 g/mol. The average Bonchev–Trinajstić information content (AvgIpc) is 2.73. The summed E-state index contributed by atoms with van der Waals surface area (Å²) in [4.78, 5) is 9.90. The van der Waals surface area contributed by atoms with Crippen molar-refractivity contribution in [3.05, 3.63) is 35.4 Å². The third-order valence-corrected chi connectivity index (χ3v) is 6.29. The van der Waals surface area contributed by atoms with Gasteiger partial charge in [0.2, 0.25) is 0 Å². The summed E-state index contributed by atoms with van der Waals surface area (Å²) in [6.07, 6.45) is 2.98. The van der Waals surface area contributed by atoms with Crippen molar-refractivity contribution in [3.63, 3.8) is 0 Å². The molecule has 7 heteroatoms. The number of hydrogen-bond acceptors (Lipinski definition) is 4. The van der Waals surface area contributed by atoms with Crippen molar-refractivity contribution in [1.82, 2.24) is 20.4 Å². The second-order valence-electron chi connectivity index (χ2n) is 9.51. The summed E-state index contributed by atoms with van der Waals surface area (Å²) >= 11 is 0. The van der Waals surface area contributed by atoms with Crippen LogP contribution in [0.3, 0.4) is 0 Å². The molecule has 0 aromatic heterocycles. The van der Waals surface area contributed by atoms with E-state index in [0.29, 0.717) is 30.8 Å². The second kappa shape index (κ2) is 13.7. The molecule has 2 atom stereocenters. The quantitative estimate of drug-likeness (QED) is 0.303. The number of rotatable bonds is 7. The Balaban J connectivity index is 0.00000363. The number of ether oxygens (including phenoxy) is 1. The van der Waals surface area contributed by atoms with E-state index in [2.05, 4.69) is 79.3 Å². The van der Waals surface area contributed by atoms with Gasteiger partial charge in [0, 0.05) is 51.4 Å². The Morgan fingerprint density at radius 2 is 1.66 bits per heavy atom. The molecule has 0 amide bonds. The number of halogens is 1.